The van der Waals surface area contributed by atoms with E-state index in [0.717, 1.165) is 25.2 Å². The maximum Gasteiger partial charge on any atom is 0.0415 e. The summed E-state index contributed by atoms with van der Waals surface area (Å²) in [4.78, 5) is 4.41. The molecule has 0 unspecified atom stereocenters. The summed E-state index contributed by atoms with van der Waals surface area (Å²) >= 11 is 0. The molecule has 3 nitrogen and oxygen atoms in total. The topological polar surface area (TPSA) is 32.5 Å². The number of nitrogens with two attached hydrogens (primary N) is 1. The third-order valence-corrected chi connectivity index (χ3v) is 2.35. The van der Waals surface area contributed by atoms with Crippen molar-refractivity contribution in [1.82, 2.24) is 4.90 Å². The zero-order valence-corrected chi connectivity index (χ0v) is 9.83. The first-order chi connectivity index (χ1) is 7.09. The second-order valence-electron chi connectivity index (χ2n) is 4.08. The molecule has 0 spiro atoms. The monoisotopic (exact) mass is 206 g/mol. The largest absolute Gasteiger partial charge is 0.398 e. The Balaban J connectivity index is 2.43. The van der Waals surface area contributed by atoms with E-state index in [1.807, 2.05) is 18.2 Å². The molecule has 1 aromatic carbocycles. The average molecular weight is 206 g/mol. The first kappa shape index (κ1) is 11.9. The van der Waals surface area contributed by atoms with Crippen molar-refractivity contribution in [2.75, 3.05) is 44.9 Å². The highest BCUT2D eigenvalue weighted by Crippen LogP contribution is 2.15. The predicted molar refractivity (Wildman–Crippen MR) is 66.1 cm³/mol. The number of anilines is 2. The lowest BCUT2D eigenvalue weighted by Crippen LogP contribution is -2.23. The highest BCUT2D eigenvalue weighted by Gasteiger charge is 2.00. The SMILES string of the molecule is CN(C)CCCN(C)c1cc[c]c(N)c1. The van der Waals surface area contributed by atoms with Crippen molar-refractivity contribution in [2.24, 2.45) is 0 Å². The molecule has 0 aromatic heterocycles. The van der Waals surface area contributed by atoms with Gasteiger partial charge in [-0.15, -0.1) is 0 Å². The van der Waals surface area contributed by atoms with E-state index in [9.17, 15) is 0 Å². The smallest absolute Gasteiger partial charge is 0.0415 e. The van der Waals surface area contributed by atoms with Gasteiger partial charge < -0.3 is 15.5 Å². The Morgan fingerprint density at radius 1 is 1.27 bits per heavy atom. The Bertz CT molecular complexity index is 297. The van der Waals surface area contributed by atoms with Crippen LogP contribution in [-0.2, 0) is 0 Å². The van der Waals surface area contributed by atoms with Crippen LogP contribution in [0.4, 0.5) is 11.4 Å². The van der Waals surface area contributed by atoms with Crippen LogP contribution < -0.4 is 10.6 Å². The fourth-order valence-corrected chi connectivity index (χ4v) is 1.46. The maximum atomic E-state index is 5.68. The summed E-state index contributed by atoms with van der Waals surface area (Å²) in [5.41, 5.74) is 7.54. The molecule has 0 saturated heterocycles. The summed E-state index contributed by atoms with van der Waals surface area (Å²) in [6.07, 6.45) is 1.15. The second-order valence-corrected chi connectivity index (χ2v) is 4.08. The zero-order chi connectivity index (χ0) is 11.3. The van der Waals surface area contributed by atoms with Gasteiger partial charge in [0.1, 0.15) is 0 Å². The van der Waals surface area contributed by atoms with Crippen molar-refractivity contribution in [3.05, 3.63) is 24.3 Å². The number of benzene rings is 1. The molecule has 0 amide bonds. The normalized spacial score (nSPS) is 10.7. The minimum Gasteiger partial charge on any atom is -0.398 e. The Hall–Kier alpha value is -1.22. The van der Waals surface area contributed by atoms with Gasteiger partial charge >= 0.3 is 0 Å². The lowest BCUT2D eigenvalue weighted by atomic mass is 10.2. The van der Waals surface area contributed by atoms with Gasteiger partial charge in [0.05, 0.1) is 0 Å². The fourth-order valence-electron chi connectivity index (χ4n) is 1.46. The number of hydrogen-bond acceptors (Lipinski definition) is 3. The lowest BCUT2D eigenvalue weighted by Gasteiger charge is -2.20. The van der Waals surface area contributed by atoms with Crippen LogP contribution in [0.5, 0.6) is 0 Å². The van der Waals surface area contributed by atoms with E-state index in [0.29, 0.717) is 5.69 Å². The van der Waals surface area contributed by atoms with E-state index in [1.54, 1.807) is 0 Å². The summed E-state index contributed by atoms with van der Waals surface area (Å²) < 4.78 is 0. The molecule has 15 heavy (non-hydrogen) atoms. The van der Waals surface area contributed by atoms with Crippen molar-refractivity contribution < 1.29 is 0 Å². The van der Waals surface area contributed by atoms with Crippen LogP contribution in [0.2, 0.25) is 0 Å². The third kappa shape index (κ3) is 4.21. The summed E-state index contributed by atoms with van der Waals surface area (Å²) in [6.45, 7) is 2.15. The van der Waals surface area contributed by atoms with Gasteiger partial charge in [0.2, 0.25) is 0 Å². The van der Waals surface area contributed by atoms with Gasteiger partial charge in [0.15, 0.2) is 0 Å². The standard InChI is InChI=1S/C12H20N3/c1-14(2)8-5-9-15(3)12-7-4-6-11(13)10-12/h4,7,10H,5,8-9,13H2,1-3H3. The van der Waals surface area contributed by atoms with Crippen LogP contribution in [-0.4, -0.2) is 39.1 Å². The van der Waals surface area contributed by atoms with Crippen molar-refractivity contribution in [3.63, 3.8) is 0 Å². The van der Waals surface area contributed by atoms with E-state index in [4.69, 9.17) is 5.73 Å². The third-order valence-electron chi connectivity index (χ3n) is 2.35. The predicted octanol–water partition coefficient (Wildman–Crippen LogP) is 1.46. The molecule has 0 bridgehead atoms. The number of rotatable bonds is 5. The van der Waals surface area contributed by atoms with Crippen molar-refractivity contribution in [2.45, 2.75) is 6.42 Å². The summed E-state index contributed by atoms with van der Waals surface area (Å²) in [5, 5.41) is 0. The van der Waals surface area contributed by atoms with Crippen molar-refractivity contribution >= 4 is 11.4 Å². The molecule has 3 heteroatoms. The van der Waals surface area contributed by atoms with E-state index in [1.165, 1.54) is 0 Å². The van der Waals surface area contributed by atoms with Gasteiger partial charge in [-0.05, 0) is 39.2 Å². The second kappa shape index (κ2) is 5.61. The molecular weight excluding hydrogens is 186 g/mol. The summed E-state index contributed by atoms with van der Waals surface area (Å²) in [6, 6.07) is 8.80. The van der Waals surface area contributed by atoms with Crippen LogP contribution >= 0.6 is 0 Å². The van der Waals surface area contributed by atoms with Crippen LogP contribution in [0.1, 0.15) is 6.42 Å². The molecule has 0 aliphatic carbocycles. The molecule has 1 aromatic rings. The fraction of sp³-hybridized carbons (Fsp3) is 0.500. The molecule has 0 aliphatic heterocycles. The molecule has 2 N–H and O–H groups in total. The maximum absolute atomic E-state index is 5.68. The van der Waals surface area contributed by atoms with E-state index < -0.39 is 0 Å². The summed E-state index contributed by atoms with van der Waals surface area (Å²) in [7, 11) is 6.27. The molecule has 1 rings (SSSR count). The van der Waals surface area contributed by atoms with Crippen molar-refractivity contribution in [1.29, 1.82) is 0 Å². The molecule has 0 fully saturated rings. The number of nitrogen functional groups attached to an aromatic ring is 1. The molecule has 1 radical (unpaired) electrons. The average Bonchev–Trinajstić information content (AvgIpc) is 2.17. The van der Waals surface area contributed by atoms with Gasteiger partial charge in [-0.1, -0.05) is 6.07 Å². The molecular formula is C12H20N3. The van der Waals surface area contributed by atoms with Gasteiger partial charge in [-0.2, -0.15) is 0 Å². The Labute approximate surface area is 92.5 Å². The first-order valence-electron chi connectivity index (χ1n) is 5.22. The minimum atomic E-state index is 0.701. The highest BCUT2D eigenvalue weighted by atomic mass is 15.1. The first-order valence-corrected chi connectivity index (χ1v) is 5.22. The van der Waals surface area contributed by atoms with Crippen molar-refractivity contribution in [3.8, 4) is 0 Å². The Morgan fingerprint density at radius 3 is 2.60 bits per heavy atom. The van der Waals surface area contributed by atoms with Crippen LogP contribution in [0, 0.1) is 6.07 Å². The van der Waals surface area contributed by atoms with Crippen LogP contribution in [0.15, 0.2) is 18.2 Å². The van der Waals surface area contributed by atoms with Crippen LogP contribution in [0.3, 0.4) is 0 Å². The molecule has 0 saturated carbocycles. The molecule has 83 valence electrons. The molecule has 0 atom stereocenters. The zero-order valence-electron chi connectivity index (χ0n) is 9.83. The molecule has 0 aliphatic rings. The van der Waals surface area contributed by atoms with E-state index >= 15 is 0 Å². The van der Waals surface area contributed by atoms with E-state index in [2.05, 4.69) is 37.0 Å². The van der Waals surface area contributed by atoms with E-state index in [-0.39, 0.29) is 0 Å². The van der Waals surface area contributed by atoms with Gasteiger partial charge in [0, 0.05) is 31.0 Å². The number of nitrogens with zero attached hydrogens (tertiary/aromatic N) is 2. The molecule has 0 heterocycles. The number of hydrogen-bond donors (Lipinski definition) is 1. The minimum absolute atomic E-state index is 0.701. The lowest BCUT2D eigenvalue weighted by molar-refractivity contribution is 0.401. The van der Waals surface area contributed by atoms with Crippen LogP contribution in [0.25, 0.3) is 0 Å². The van der Waals surface area contributed by atoms with Gasteiger partial charge in [-0.3, -0.25) is 0 Å². The Morgan fingerprint density at radius 2 is 2.00 bits per heavy atom. The quantitative estimate of drug-likeness (QED) is 0.740. The highest BCUT2D eigenvalue weighted by molar-refractivity contribution is 5.54. The Kier molecular flexibility index (Phi) is 4.43. The van der Waals surface area contributed by atoms with Gasteiger partial charge in [0.25, 0.3) is 0 Å². The summed E-state index contributed by atoms with van der Waals surface area (Å²) in [5.74, 6) is 0. The van der Waals surface area contributed by atoms with Gasteiger partial charge in [-0.25, -0.2) is 0 Å².